The Morgan fingerprint density at radius 2 is 2.00 bits per heavy atom. The second kappa shape index (κ2) is 6.50. The third-order valence-corrected chi connectivity index (χ3v) is 3.67. The van der Waals surface area contributed by atoms with Gasteiger partial charge in [0.1, 0.15) is 5.82 Å². The Labute approximate surface area is 112 Å². The molecule has 1 N–H and O–H groups in total. The lowest BCUT2D eigenvalue weighted by Crippen LogP contribution is -2.33. The Hall–Kier alpha value is -0.410. The molecule has 1 aromatic rings. The highest BCUT2D eigenvalue weighted by Crippen LogP contribution is 2.27. The molecule has 3 heteroatoms. The van der Waals surface area contributed by atoms with Crippen LogP contribution in [0.25, 0.3) is 0 Å². The molecule has 96 valence electrons. The van der Waals surface area contributed by atoms with Crippen molar-refractivity contribution in [3.8, 4) is 0 Å². The summed E-state index contributed by atoms with van der Waals surface area (Å²) in [5, 5.41) is 3.38. The summed E-state index contributed by atoms with van der Waals surface area (Å²) in [4.78, 5) is 0. The van der Waals surface area contributed by atoms with Gasteiger partial charge in [-0.3, -0.25) is 0 Å². The van der Waals surface area contributed by atoms with Gasteiger partial charge in [-0.15, -0.1) is 0 Å². The van der Waals surface area contributed by atoms with Gasteiger partial charge in [0.2, 0.25) is 0 Å². The minimum absolute atomic E-state index is 0.170. The zero-order chi connectivity index (χ0) is 12.9. The zero-order valence-corrected chi connectivity index (χ0v) is 12.4. The maximum absolute atomic E-state index is 13.3. The van der Waals surface area contributed by atoms with Crippen LogP contribution in [0.15, 0.2) is 22.7 Å². The van der Waals surface area contributed by atoms with E-state index >= 15 is 0 Å². The van der Waals surface area contributed by atoms with Crippen LogP contribution >= 0.6 is 15.9 Å². The van der Waals surface area contributed by atoms with Gasteiger partial charge in [-0.1, -0.05) is 36.7 Å². The van der Waals surface area contributed by atoms with Crippen LogP contribution in [-0.4, -0.2) is 13.1 Å². The Balaban J connectivity index is 2.79. The van der Waals surface area contributed by atoms with Gasteiger partial charge >= 0.3 is 0 Å². The summed E-state index contributed by atoms with van der Waals surface area (Å²) in [6, 6.07) is 5.13. The summed E-state index contributed by atoms with van der Waals surface area (Å²) in [5.74, 6) is -0.170. The first-order chi connectivity index (χ1) is 7.99. The molecule has 17 heavy (non-hydrogen) atoms. The molecule has 0 aromatic heterocycles. The fourth-order valence-electron chi connectivity index (χ4n) is 1.95. The van der Waals surface area contributed by atoms with Crippen molar-refractivity contribution >= 4 is 15.9 Å². The minimum atomic E-state index is -0.170. The molecule has 1 atom stereocenters. The Bertz CT molecular complexity index is 347. The van der Waals surface area contributed by atoms with Gasteiger partial charge < -0.3 is 5.32 Å². The van der Waals surface area contributed by atoms with E-state index in [2.05, 4.69) is 42.0 Å². The Morgan fingerprint density at radius 1 is 1.29 bits per heavy atom. The first kappa shape index (κ1) is 14.7. The summed E-state index contributed by atoms with van der Waals surface area (Å²) < 4.78 is 14.1. The SMILES string of the molecule is CCNCC(C)(CC)Cc1cc(F)cc(Br)c1. The summed E-state index contributed by atoms with van der Waals surface area (Å²) in [5.41, 5.74) is 1.24. The predicted octanol–water partition coefficient (Wildman–Crippen LogP) is 4.16. The van der Waals surface area contributed by atoms with Crippen molar-refractivity contribution in [3.63, 3.8) is 0 Å². The van der Waals surface area contributed by atoms with E-state index in [1.54, 1.807) is 6.07 Å². The van der Waals surface area contributed by atoms with Crippen molar-refractivity contribution in [1.29, 1.82) is 0 Å². The van der Waals surface area contributed by atoms with Crippen molar-refractivity contribution in [1.82, 2.24) is 5.32 Å². The molecule has 0 heterocycles. The first-order valence-electron chi connectivity index (χ1n) is 6.15. The van der Waals surface area contributed by atoms with E-state index < -0.39 is 0 Å². The molecule has 0 aliphatic rings. The average Bonchev–Trinajstić information content (AvgIpc) is 2.25. The lowest BCUT2D eigenvalue weighted by atomic mass is 9.81. The molecule has 0 aliphatic carbocycles. The van der Waals surface area contributed by atoms with Gasteiger partial charge in [0, 0.05) is 11.0 Å². The zero-order valence-electron chi connectivity index (χ0n) is 10.8. The van der Waals surface area contributed by atoms with E-state index in [1.165, 1.54) is 6.07 Å². The lowest BCUT2D eigenvalue weighted by molar-refractivity contribution is 0.292. The van der Waals surface area contributed by atoms with Gasteiger partial charge in [0.15, 0.2) is 0 Å². The number of rotatable bonds is 6. The topological polar surface area (TPSA) is 12.0 Å². The fraction of sp³-hybridized carbons (Fsp3) is 0.571. The molecule has 1 aromatic carbocycles. The van der Waals surface area contributed by atoms with Crippen LogP contribution in [0.4, 0.5) is 4.39 Å². The second-order valence-corrected chi connectivity index (χ2v) is 5.81. The Kier molecular flexibility index (Phi) is 5.60. The maximum atomic E-state index is 13.3. The summed E-state index contributed by atoms with van der Waals surface area (Å²) >= 11 is 3.34. The van der Waals surface area contributed by atoms with Crippen LogP contribution in [0, 0.1) is 11.2 Å². The quantitative estimate of drug-likeness (QED) is 0.832. The Morgan fingerprint density at radius 3 is 2.53 bits per heavy atom. The van der Waals surface area contributed by atoms with Gasteiger partial charge in [-0.2, -0.15) is 0 Å². The van der Waals surface area contributed by atoms with Crippen molar-refractivity contribution in [3.05, 3.63) is 34.1 Å². The van der Waals surface area contributed by atoms with Gasteiger partial charge in [0.25, 0.3) is 0 Å². The molecule has 0 saturated carbocycles. The van der Waals surface area contributed by atoms with E-state index in [9.17, 15) is 4.39 Å². The van der Waals surface area contributed by atoms with Crippen LogP contribution < -0.4 is 5.32 Å². The number of nitrogens with one attached hydrogen (secondary N) is 1. The monoisotopic (exact) mass is 301 g/mol. The number of benzene rings is 1. The van der Waals surface area contributed by atoms with Crippen LogP contribution in [0.5, 0.6) is 0 Å². The van der Waals surface area contributed by atoms with E-state index in [1.807, 2.05) is 6.07 Å². The number of halogens is 2. The summed E-state index contributed by atoms with van der Waals surface area (Å²) in [6.45, 7) is 8.48. The lowest BCUT2D eigenvalue weighted by Gasteiger charge is -2.28. The molecular weight excluding hydrogens is 281 g/mol. The molecule has 0 bridgehead atoms. The van der Waals surface area contributed by atoms with E-state index in [-0.39, 0.29) is 11.2 Å². The molecule has 1 nitrogen and oxygen atoms in total. The predicted molar refractivity (Wildman–Crippen MR) is 74.7 cm³/mol. The molecule has 0 aliphatic heterocycles. The molecule has 0 spiro atoms. The highest BCUT2D eigenvalue weighted by Gasteiger charge is 2.22. The maximum Gasteiger partial charge on any atom is 0.124 e. The summed E-state index contributed by atoms with van der Waals surface area (Å²) in [6.07, 6.45) is 1.97. The number of hydrogen-bond acceptors (Lipinski definition) is 1. The highest BCUT2D eigenvalue weighted by atomic mass is 79.9. The normalized spacial score (nSPS) is 14.6. The minimum Gasteiger partial charge on any atom is -0.316 e. The molecule has 0 fully saturated rings. The molecule has 0 saturated heterocycles. The molecule has 1 unspecified atom stereocenters. The first-order valence-corrected chi connectivity index (χ1v) is 6.94. The van der Waals surface area contributed by atoms with Gasteiger partial charge in [0.05, 0.1) is 0 Å². The van der Waals surface area contributed by atoms with E-state index in [4.69, 9.17) is 0 Å². The van der Waals surface area contributed by atoms with Crippen molar-refractivity contribution in [2.45, 2.75) is 33.6 Å². The fourth-order valence-corrected chi connectivity index (χ4v) is 2.46. The van der Waals surface area contributed by atoms with Gasteiger partial charge in [-0.05, 0) is 48.6 Å². The van der Waals surface area contributed by atoms with Gasteiger partial charge in [-0.25, -0.2) is 4.39 Å². The number of hydrogen-bond donors (Lipinski definition) is 1. The van der Waals surface area contributed by atoms with E-state index in [0.29, 0.717) is 0 Å². The van der Waals surface area contributed by atoms with Crippen LogP contribution in [0.1, 0.15) is 32.8 Å². The van der Waals surface area contributed by atoms with E-state index in [0.717, 1.165) is 36.0 Å². The highest BCUT2D eigenvalue weighted by molar-refractivity contribution is 9.10. The second-order valence-electron chi connectivity index (χ2n) is 4.90. The third-order valence-electron chi connectivity index (χ3n) is 3.21. The van der Waals surface area contributed by atoms with Crippen molar-refractivity contribution < 1.29 is 4.39 Å². The standard InChI is InChI=1S/C14H21BrFN/c1-4-14(3,10-17-5-2)9-11-6-12(15)8-13(16)7-11/h6-8,17H,4-5,9-10H2,1-3H3. The third kappa shape index (κ3) is 4.76. The molecular formula is C14H21BrFN. The van der Waals surface area contributed by atoms with Crippen molar-refractivity contribution in [2.75, 3.05) is 13.1 Å². The smallest absolute Gasteiger partial charge is 0.124 e. The summed E-state index contributed by atoms with van der Waals surface area (Å²) in [7, 11) is 0. The van der Waals surface area contributed by atoms with Crippen LogP contribution in [0.2, 0.25) is 0 Å². The van der Waals surface area contributed by atoms with Crippen molar-refractivity contribution in [2.24, 2.45) is 5.41 Å². The molecule has 0 amide bonds. The molecule has 0 radical (unpaired) electrons. The molecule has 1 rings (SSSR count). The van der Waals surface area contributed by atoms with Crippen LogP contribution in [-0.2, 0) is 6.42 Å². The van der Waals surface area contributed by atoms with Crippen LogP contribution in [0.3, 0.4) is 0 Å². The largest absolute Gasteiger partial charge is 0.316 e. The average molecular weight is 302 g/mol.